The van der Waals surface area contributed by atoms with E-state index in [2.05, 4.69) is 10.6 Å². The molecule has 3 heterocycles. The molecular weight excluding hydrogens is 348 g/mol. The normalized spacial score (nSPS) is 13.4. The lowest BCUT2D eigenvalue weighted by Gasteiger charge is -2.27. The predicted molar refractivity (Wildman–Crippen MR) is 96.2 cm³/mol. The standard InChI is InChI=1S/C16H16N2O2S3/c19-15(17-9-13-3-1-6-22-13)18-11-16(20,12-5-8-21-10-12)14-4-2-7-23-14/h1-8,10,20H,9,11H2,(H2,17,18,19)/t16-/m0/s1. The topological polar surface area (TPSA) is 61.4 Å². The minimum Gasteiger partial charge on any atom is -0.378 e. The van der Waals surface area contributed by atoms with Gasteiger partial charge < -0.3 is 15.7 Å². The summed E-state index contributed by atoms with van der Waals surface area (Å²) in [5.74, 6) is 0. The number of nitrogens with one attached hydrogen (secondary N) is 2. The van der Waals surface area contributed by atoms with Crippen molar-refractivity contribution in [1.29, 1.82) is 0 Å². The number of thiophene rings is 3. The van der Waals surface area contributed by atoms with E-state index in [4.69, 9.17) is 0 Å². The number of hydrogen-bond donors (Lipinski definition) is 3. The third kappa shape index (κ3) is 3.81. The SMILES string of the molecule is O=C(NCc1cccs1)NC[C@](O)(c1ccsc1)c1cccs1. The molecule has 7 heteroatoms. The van der Waals surface area contributed by atoms with Crippen LogP contribution in [0.2, 0.25) is 0 Å². The predicted octanol–water partition coefficient (Wildman–Crippen LogP) is 3.61. The molecule has 0 aliphatic carbocycles. The van der Waals surface area contributed by atoms with E-state index in [-0.39, 0.29) is 12.6 Å². The van der Waals surface area contributed by atoms with Gasteiger partial charge in [0.1, 0.15) is 5.60 Å². The average molecular weight is 365 g/mol. The Morgan fingerprint density at radius 1 is 1.09 bits per heavy atom. The van der Waals surface area contributed by atoms with Gasteiger partial charge in [-0.1, -0.05) is 12.1 Å². The third-order valence-corrected chi connectivity index (χ3v) is 6.02. The van der Waals surface area contributed by atoms with Crippen LogP contribution in [0.5, 0.6) is 0 Å². The highest BCUT2D eigenvalue weighted by atomic mass is 32.1. The van der Waals surface area contributed by atoms with Crippen molar-refractivity contribution >= 4 is 40.0 Å². The van der Waals surface area contributed by atoms with Gasteiger partial charge in [-0.05, 0) is 39.7 Å². The van der Waals surface area contributed by atoms with Crippen LogP contribution in [0, 0.1) is 0 Å². The lowest BCUT2D eigenvalue weighted by molar-refractivity contribution is 0.0863. The molecular formula is C16H16N2O2S3. The molecule has 3 aromatic heterocycles. The van der Waals surface area contributed by atoms with Crippen molar-refractivity contribution in [3.05, 3.63) is 67.2 Å². The molecule has 0 spiro atoms. The molecule has 120 valence electrons. The van der Waals surface area contributed by atoms with E-state index in [1.165, 1.54) is 22.7 Å². The van der Waals surface area contributed by atoms with Gasteiger partial charge in [-0.15, -0.1) is 22.7 Å². The molecule has 0 bridgehead atoms. The molecule has 0 aromatic carbocycles. The van der Waals surface area contributed by atoms with E-state index in [0.717, 1.165) is 15.3 Å². The number of carbonyl (C=O) groups is 1. The Balaban J connectivity index is 1.64. The van der Waals surface area contributed by atoms with Crippen molar-refractivity contribution in [1.82, 2.24) is 10.6 Å². The Bertz CT molecular complexity index is 687. The van der Waals surface area contributed by atoms with E-state index in [9.17, 15) is 9.90 Å². The smallest absolute Gasteiger partial charge is 0.315 e. The molecule has 0 saturated heterocycles. The molecule has 4 nitrogen and oxygen atoms in total. The van der Waals surface area contributed by atoms with Crippen molar-refractivity contribution in [2.75, 3.05) is 6.54 Å². The van der Waals surface area contributed by atoms with Crippen molar-refractivity contribution in [3.63, 3.8) is 0 Å². The second-order valence-electron chi connectivity index (χ2n) is 4.97. The summed E-state index contributed by atoms with van der Waals surface area (Å²) in [6.45, 7) is 0.611. The molecule has 3 rings (SSSR count). The molecule has 2 amide bonds. The Kier molecular flexibility index (Phi) is 5.12. The first-order valence-electron chi connectivity index (χ1n) is 7.01. The zero-order chi connectivity index (χ0) is 16.1. The summed E-state index contributed by atoms with van der Waals surface area (Å²) in [5.41, 5.74) is -0.405. The number of urea groups is 1. The van der Waals surface area contributed by atoms with Crippen LogP contribution >= 0.6 is 34.0 Å². The molecule has 3 aromatic rings. The third-order valence-electron chi connectivity index (χ3n) is 3.44. The number of aliphatic hydroxyl groups is 1. The van der Waals surface area contributed by atoms with Crippen LogP contribution < -0.4 is 10.6 Å². The van der Waals surface area contributed by atoms with Gasteiger partial charge in [-0.25, -0.2) is 4.79 Å². The van der Waals surface area contributed by atoms with Gasteiger partial charge in [0.2, 0.25) is 0 Å². The molecule has 0 unspecified atom stereocenters. The zero-order valence-corrected chi connectivity index (χ0v) is 14.6. The van der Waals surface area contributed by atoms with Crippen LogP contribution in [-0.4, -0.2) is 17.7 Å². The van der Waals surface area contributed by atoms with Crippen LogP contribution in [0.4, 0.5) is 4.79 Å². The highest BCUT2D eigenvalue weighted by Crippen LogP contribution is 2.33. The minimum absolute atomic E-state index is 0.126. The van der Waals surface area contributed by atoms with E-state index in [0.29, 0.717) is 6.54 Å². The van der Waals surface area contributed by atoms with Crippen LogP contribution in [0.15, 0.2) is 51.9 Å². The highest BCUT2D eigenvalue weighted by Gasteiger charge is 2.33. The second kappa shape index (κ2) is 7.27. The fourth-order valence-corrected chi connectivity index (χ4v) is 4.41. The Hall–Kier alpha value is -1.67. The average Bonchev–Trinajstić information content (AvgIpc) is 3.33. The summed E-state index contributed by atoms with van der Waals surface area (Å²) in [6.07, 6.45) is 0. The molecule has 0 saturated carbocycles. The summed E-state index contributed by atoms with van der Waals surface area (Å²) >= 11 is 4.60. The molecule has 0 radical (unpaired) electrons. The largest absolute Gasteiger partial charge is 0.378 e. The number of rotatable bonds is 6. The van der Waals surface area contributed by atoms with Crippen molar-refractivity contribution in [2.45, 2.75) is 12.1 Å². The second-order valence-corrected chi connectivity index (χ2v) is 7.73. The Morgan fingerprint density at radius 2 is 1.91 bits per heavy atom. The molecule has 23 heavy (non-hydrogen) atoms. The zero-order valence-electron chi connectivity index (χ0n) is 12.2. The van der Waals surface area contributed by atoms with E-state index < -0.39 is 5.60 Å². The maximum absolute atomic E-state index is 12.0. The van der Waals surface area contributed by atoms with Gasteiger partial charge in [0.15, 0.2) is 0 Å². The van der Waals surface area contributed by atoms with Gasteiger partial charge in [0, 0.05) is 15.3 Å². The number of amides is 2. The monoisotopic (exact) mass is 364 g/mol. The summed E-state index contributed by atoms with van der Waals surface area (Å²) in [6, 6.07) is 9.30. The molecule has 1 atom stereocenters. The van der Waals surface area contributed by atoms with Crippen molar-refractivity contribution < 1.29 is 9.90 Å². The molecule has 3 N–H and O–H groups in total. The lowest BCUT2D eigenvalue weighted by Crippen LogP contribution is -2.44. The maximum atomic E-state index is 12.0. The fourth-order valence-electron chi connectivity index (χ4n) is 2.20. The van der Waals surface area contributed by atoms with E-state index in [1.807, 2.05) is 51.9 Å². The molecule has 0 fully saturated rings. The van der Waals surface area contributed by atoms with Crippen LogP contribution in [0.25, 0.3) is 0 Å². The summed E-state index contributed by atoms with van der Waals surface area (Å²) in [5, 5.41) is 24.4. The fraction of sp³-hybridized carbons (Fsp3) is 0.188. The summed E-state index contributed by atoms with van der Waals surface area (Å²) in [7, 11) is 0. The first-order chi connectivity index (χ1) is 11.2. The maximum Gasteiger partial charge on any atom is 0.315 e. The van der Waals surface area contributed by atoms with Crippen molar-refractivity contribution in [2.24, 2.45) is 0 Å². The molecule has 0 aliphatic heterocycles. The van der Waals surface area contributed by atoms with Crippen LogP contribution in [-0.2, 0) is 12.1 Å². The number of hydrogen-bond acceptors (Lipinski definition) is 5. The first kappa shape index (κ1) is 16.2. The minimum atomic E-state index is -1.20. The summed E-state index contributed by atoms with van der Waals surface area (Å²) < 4.78 is 0. The summed E-state index contributed by atoms with van der Waals surface area (Å²) in [4.78, 5) is 13.9. The van der Waals surface area contributed by atoms with Gasteiger partial charge in [-0.3, -0.25) is 0 Å². The Morgan fingerprint density at radius 3 is 2.57 bits per heavy atom. The quantitative estimate of drug-likeness (QED) is 0.626. The highest BCUT2D eigenvalue weighted by molar-refractivity contribution is 7.10. The van der Waals surface area contributed by atoms with Crippen LogP contribution in [0.1, 0.15) is 15.3 Å². The van der Waals surface area contributed by atoms with Gasteiger partial charge in [-0.2, -0.15) is 11.3 Å². The van der Waals surface area contributed by atoms with Gasteiger partial charge >= 0.3 is 6.03 Å². The van der Waals surface area contributed by atoms with Gasteiger partial charge in [0.05, 0.1) is 13.1 Å². The van der Waals surface area contributed by atoms with Crippen molar-refractivity contribution in [3.8, 4) is 0 Å². The van der Waals surface area contributed by atoms with Gasteiger partial charge in [0.25, 0.3) is 0 Å². The molecule has 0 aliphatic rings. The van der Waals surface area contributed by atoms with E-state index in [1.54, 1.807) is 11.3 Å². The number of carbonyl (C=O) groups excluding carboxylic acids is 1. The van der Waals surface area contributed by atoms with E-state index >= 15 is 0 Å². The first-order valence-corrected chi connectivity index (χ1v) is 9.72. The van der Waals surface area contributed by atoms with Crippen LogP contribution in [0.3, 0.4) is 0 Å². The lowest BCUT2D eigenvalue weighted by atomic mass is 9.94. The Labute approximate surface area is 146 Å².